The van der Waals surface area contributed by atoms with Crippen LogP contribution in [0.2, 0.25) is 10.0 Å². The number of rotatable bonds is 4. The summed E-state index contributed by atoms with van der Waals surface area (Å²) in [5.74, 6) is -0.352. The quantitative estimate of drug-likeness (QED) is 0.564. The van der Waals surface area contributed by atoms with E-state index < -0.39 is 17.8 Å². The van der Waals surface area contributed by atoms with Crippen LogP contribution >= 0.6 is 23.2 Å². The molecular formula is C20H14Cl2N2O6. The Morgan fingerprint density at radius 2 is 1.87 bits per heavy atom. The van der Waals surface area contributed by atoms with Crippen molar-refractivity contribution in [3.8, 4) is 17.2 Å². The Hall–Kier alpha value is -3.23. The van der Waals surface area contributed by atoms with Gasteiger partial charge < -0.3 is 14.2 Å². The molecule has 2 aromatic rings. The summed E-state index contributed by atoms with van der Waals surface area (Å²) in [6, 6.07) is 6.58. The van der Waals surface area contributed by atoms with E-state index in [4.69, 9.17) is 37.4 Å². The first-order valence-corrected chi connectivity index (χ1v) is 9.57. The number of benzene rings is 2. The molecule has 1 saturated heterocycles. The van der Waals surface area contributed by atoms with Crippen molar-refractivity contribution in [1.29, 1.82) is 0 Å². The fraction of sp³-hybridized carbons (Fsp3) is 0.150. The monoisotopic (exact) mass is 448 g/mol. The molecule has 10 heteroatoms. The molecule has 0 atom stereocenters. The van der Waals surface area contributed by atoms with Gasteiger partial charge in [0.15, 0.2) is 11.5 Å². The maximum absolute atomic E-state index is 13.1. The lowest BCUT2D eigenvalue weighted by atomic mass is 10.1. The van der Waals surface area contributed by atoms with Gasteiger partial charge in [-0.2, -0.15) is 0 Å². The molecule has 0 radical (unpaired) electrons. The summed E-state index contributed by atoms with van der Waals surface area (Å²) in [6.45, 7) is 2.20. The number of fused-ring (bicyclic) bond motifs is 1. The van der Waals surface area contributed by atoms with Gasteiger partial charge in [0.2, 0.25) is 6.79 Å². The molecule has 0 aliphatic carbocycles. The number of anilines is 1. The van der Waals surface area contributed by atoms with Gasteiger partial charge in [0, 0.05) is 16.7 Å². The number of imide groups is 2. The van der Waals surface area contributed by atoms with Crippen LogP contribution in [-0.2, 0) is 9.59 Å². The fourth-order valence-electron chi connectivity index (χ4n) is 3.03. The number of carbonyl (C=O) groups excluding carboxylic acids is 3. The van der Waals surface area contributed by atoms with Gasteiger partial charge in [0.1, 0.15) is 11.3 Å². The van der Waals surface area contributed by atoms with Crippen LogP contribution in [0.25, 0.3) is 6.08 Å². The number of hydrogen-bond donors (Lipinski definition) is 1. The summed E-state index contributed by atoms with van der Waals surface area (Å²) in [4.78, 5) is 38.7. The number of nitrogens with one attached hydrogen (secondary N) is 1. The van der Waals surface area contributed by atoms with Crippen LogP contribution in [0.1, 0.15) is 12.5 Å². The maximum Gasteiger partial charge on any atom is 0.335 e. The van der Waals surface area contributed by atoms with E-state index in [-0.39, 0.29) is 23.1 Å². The predicted octanol–water partition coefficient (Wildman–Crippen LogP) is 3.79. The summed E-state index contributed by atoms with van der Waals surface area (Å²) in [5.41, 5.74) is 0.231. The van der Waals surface area contributed by atoms with Crippen molar-refractivity contribution < 1.29 is 28.6 Å². The van der Waals surface area contributed by atoms with Gasteiger partial charge in [-0.05, 0) is 37.3 Å². The second kappa shape index (κ2) is 7.89. The molecule has 0 spiro atoms. The summed E-state index contributed by atoms with van der Waals surface area (Å²) < 4.78 is 16.3. The van der Waals surface area contributed by atoms with Gasteiger partial charge in [-0.15, -0.1) is 0 Å². The zero-order chi connectivity index (χ0) is 21.4. The van der Waals surface area contributed by atoms with Crippen molar-refractivity contribution in [2.45, 2.75) is 6.92 Å². The van der Waals surface area contributed by atoms with E-state index in [0.29, 0.717) is 34.4 Å². The zero-order valence-corrected chi connectivity index (χ0v) is 17.0. The predicted molar refractivity (Wildman–Crippen MR) is 109 cm³/mol. The van der Waals surface area contributed by atoms with Crippen LogP contribution in [0.5, 0.6) is 17.2 Å². The van der Waals surface area contributed by atoms with Crippen molar-refractivity contribution in [1.82, 2.24) is 5.32 Å². The molecule has 154 valence electrons. The van der Waals surface area contributed by atoms with Crippen molar-refractivity contribution in [2.75, 3.05) is 18.3 Å². The Bertz CT molecular complexity index is 1110. The van der Waals surface area contributed by atoms with Crippen LogP contribution < -0.4 is 24.4 Å². The molecule has 4 rings (SSSR count). The molecule has 0 saturated carbocycles. The Balaban J connectivity index is 1.78. The zero-order valence-electron chi connectivity index (χ0n) is 15.5. The summed E-state index contributed by atoms with van der Waals surface area (Å²) in [7, 11) is 0. The highest BCUT2D eigenvalue weighted by atomic mass is 35.5. The van der Waals surface area contributed by atoms with Crippen LogP contribution in [0, 0.1) is 0 Å². The van der Waals surface area contributed by atoms with E-state index in [9.17, 15) is 14.4 Å². The average molecular weight is 449 g/mol. The van der Waals surface area contributed by atoms with Crippen molar-refractivity contribution >= 4 is 52.8 Å². The van der Waals surface area contributed by atoms with Gasteiger partial charge in [0.05, 0.1) is 17.3 Å². The van der Waals surface area contributed by atoms with Gasteiger partial charge >= 0.3 is 6.03 Å². The maximum atomic E-state index is 13.1. The molecule has 4 amide bonds. The molecule has 2 aliphatic rings. The summed E-state index contributed by atoms with van der Waals surface area (Å²) in [5, 5.41) is 2.56. The minimum absolute atomic E-state index is 0.0533. The first-order chi connectivity index (χ1) is 14.4. The van der Waals surface area contributed by atoms with E-state index in [1.807, 2.05) is 0 Å². The van der Waals surface area contributed by atoms with Crippen molar-refractivity contribution in [3.05, 3.63) is 51.5 Å². The fourth-order valence-corrected chi connectivity index (χ4v) is 3.52. The SMILES string of the molecule is CCOc1cc2c(cc1/C=C1/C(=O)NC(=O)N(c3ccc(Cl)cc3Cl)C1=O)OCO2. The van der Waals surface area contributed by atoms with Crippen LogP contribution in [0.4, 0.5) is 10.5 Å². The minimum atomic E-state index is -0.915. The first-order valence-electron chi connectivity index (χ1n) is 8.82. The Morgan fingerprint density at radius 1 is 1.13 bits per heavy atom. The summed E-state index contributed by atoms with van der Waals surface area (Å²) >= 11 is 12.0. The molecule has 2 aromatic carbocycles. The lowest BCUT2D eigenvalue weighted by molar-refractivity contribution is -0.122. The van der Waals surface area contributed by atoms with E-state index >= 15 is 0 Å². The first kappa shape index (κ1) is 20.1. The highest BCUT2D eigenvalue weighted by Gasteiger charge is 2.38. The third-order valence-electron chi connectivity index (χ3n) is 4.36. The molecule has 1 N–H and O–H groups in total. The van der Waals surface area contributed by atoms with E-state index in [1.165, 1.54) is 24.3 Å². The van der Waals surface area contributed by atoms with Gasteiger partial charge in [-0.25, -0.2) is 9.69 Å². The number of hydrogen-bond acceptors (Lipinski definition) is 6. The second-order valence-electron chi connectivity index (χ2n) is 6.23. The third kappa shape index (κ3) is 3.55. The Labute approximate surface area is 180 Å². The van der Waals surface area contributed by atoms with Gasteiger partial charge in [-0.1, -0.05) is 23.2 Å². The third-order valence-corrected chi connectivity index (χ3v) is 4.89. The number of carbonyl (C=O) groups is 3. The second-order valence-corrected chi connectivity index (χ2v) is 7.07. The number of ether oxygens (including phenoxy) is 3. The number of urea groups is 1. The molecule has 2 aliphatic heterocycles. The molecule has 0 unspecified atom stereocenters. The highest BCUT2D eigenvalue weighted by molar-refractivity contribution is 6.42. The van der Waals surface area contributed by atoms with Crippen LogP contribution in [0.3, 0.4) is 0 Å². The van der Waals surface area contributed by atoms with Crippen LogP contribution in [0.15, 0.2) is 35.9 Å². The highest BCUT2D eigenvalue weighted by Crippen LogP contribution is 2.39. The number of barbiturate groups is 1. The van der Waals surface area contributed by atoms with E-state index in [1.54, 1.807) is 19.1 Å². The smallest absolute Gasteiger partial charge is 0.335 e. The Kier molecular flexibility index (Phi) is 5.27. The molecular weight excluding hydrogens is 435 g/mol. The number of halogens is 2. The molecule has 0 aromatic heterocycles. The van der Waals surface area contributed by atoms with Crippen LogP contribution in [-0.4, -0.2) is 31.2 Å². The van der Waals surface area contributed by atoms with Gasteiger partial charge in [-0.3, -0.25) is 14.9 Å². The van der Waals surface area contributed by atoms with Crippen molar-refractivity contribution in [2.24, 2.45) is 0 Å². The molecule has 0 bridgehead atoms. The Morgan fingerprint density at radius 3 is 2.57 bits per heavy atom. The van der Waals surface area contributed by atoms with E-state index in [2.05, 4.69) is 5.32 Å². The minimum Gasteiger partial charge on any atom is -0.493 e. The largest absolute Gasteiger partial charge is 0.493 e. The topological polar surface area (TPSA) is 94.2 Å². The van der Waals surface area contributed by atoms with Crippen molar-refractivity contribution in [3.63, 3.8) is 0 Å². The molecule has 30 heavy (non-hydrogen) atoms. The lowest BCUT2D eigenvalue weighted by Gasteiger charge is -2.27. The molecule has 2 heterocycles. The lowest BCUT2D eigenvalue weighted by Crippen LogP contribution is -2.54. The van der Waals surface area contributed by atoms with Gasteiger partial charge in [0.25, 0.3) is 11.8 Å². The normalized spacial score (nSPS) is 16.8. The summed E-state index contributed by atoms with van der Waals surface area (Å²) in [6.07, 6.45) is 1.33. The molecule has 1 fully saturated rings. The molecule has 8 nitrogen and oxygen atoms in total. The number of amides is 4. The van der Waals surface area contributed by atoms with E-state index in [0.717, 1.165) is 4.90 Å². The average Bonchev–Trinajstić information content (AvgIpc) is 3.14. The number of nitrogens with zero attached hydrogens (tertiary/aromatic N) is 1. The standard InChI is InChI=1S/C20H14Cl2N2O6/c1-2-28-15-8-17-16(29-9-30-17)6-10(15)5-12-18(25)23-20(27)24(19(12)26)14-4-3-11(21)7-13(14)22/h3-8H,2,9H2,1H3,(H,23,25,27)/b12-5-.